The van der Waals surface area contributed by atoms with Crippen LogP contribution in [-0.2, 0) is 9.13 Å². The Labute approximate surface area is 51.6 Å². The third kappa shape index (κ3) is 53.7. The summed E-state index contributed by atoms with van der Waals surface area (Å²) in [5, 5.41) is 0. The first kappa shape index (κ1) is 9.29. The van der Waals surface area contributed by atoms with Gasteiger partial charge < -0.3 is 0 Å². The van der Waals surface area contributed by atoms with Gasteiger partial charge in [-0.3, -0.25) is 4.89 Å². The number of rotatable bonds is 0. The first-order valence-electron chi connectivity index (χ1n) is 0.565. The van der Waals surface area contributed by atoms with Gasteiger partial charge in [0, 0.05) is 29.6 Å². The molecule has 1 radical (unpaired) electrons. The van der Waals surface area contributed by atoms with Crippen molar-refractivity contribution in [3.05, 3.63) is 0 Å². The van der Waals surface area contributed by atoms with Crippen molar-refractivity contribution in [2.75, 3.05) is 0 Å². The minimum Gasteiger partial charge on any atom is -0.287 e. The van der Waals surface area contributed by atoms with Gasteiger partial charge in [-0.1, -0.05) is 0 Å². The van der Waals surface area contributed by atoms with Gasteiger partial charge in [-0.15, -0.1) is 0 Å². The van der Waals surface area contributed by atoms with Crippen molar-refractivity contribution in [3.63, 3.8) is 0 Å². The Morgan fingerprint density at radius 1 is 1.40 bits per heavy atom. The fourth-order valence-corrected chi connectivity index (χ4v) is 0. The van der Waals surface area contributed by atoms with Crippen LogP contribution in [-0.4, -0.2) is 34.5 Å². The second-order valence-corrected chi connectivity index (χ2v) is 0.714. The Morgan fingerprint density at radius 3 is 1.40 bits per heavy atom. The van der Waals surface area contributed by atoms with Crippen LogP contribution in [0.3, 0.4) is 0 Å². The molecule has 0 saturated carbocycles. The Morgan fingerprint density at radius 2 is 1.40 bits per heavy atom. The predicted molar refractivity (Wildman–Crippen MR) is 16.3 cm³/mol. The summed E-state index contributed by atoms with van der Waals surface area (Å²) in [4.78, 5) is 7.01. The van der Waals surface area contributed by atoms with E-state index in [4.69, 9.17) is 14.0 Å². The Kier molecular flexibility index (Phi) is 9.03. The van der Waals surface area contributed by atoms with Crippen molar-refractivity contribution >= 4 is 37.5 Å². The molecule has 0 rings (SSSR count). The van der Waals surface area contributed by atoms with E-state index >= 15 is 0 Å². The molecule has 5 heavy (non-hydrogen) atoms. The normalized spacial score (nSPS) is 5.00. The van der Waals surface area contributed by atoms with Crippen LogP contribution in [0.5, 0.6) is 0 Å². The molecule has 0 aromatic heterocycles. The van der Waals surface area contributed by atoms with Crippen molar-refractivity contribution in [2.45, 2.75) is 0 Å². The van der Waals surface area contributed by atoms with Crippen molar-refractivity contribution in [2.24, 2.45) is 0 Å². The molecule has 0 aromatic rings. The predicted octanol–water partition coefficient (Wildman–Crippen LogP) is -0.314. The van der Waals surface area contributed by atoms with Crippen LogP contribution in [0.15, 0.2) is 0 Å². The Hall–Kier alpha value is 0.860. The second kappa shape index (κ2) is 4.86. The summed E-state index contributed by atoms with van der Waals surface area (Å²) in [7, 11) is -3.12. The Balaban J connectivity index is 0. The summed E-state index contributed by atoms with van der Waals surface area (Å²) in [6.45, 7) is 0. The fraction of sp³-hybridized carbons (Fsp3) is 0. The summed E-state index contributed by atoms with van der Waals surface area (Å²) in [5.74, 6) is 0. The molecule has 5 heteroatoms. The van der Waals surface area contributed by atoms with E-state index in [1.807, 2.05) is 0 Å². The molecular formula is HNaO3P. The first-order valence-corrected chi connectivity index (χ1v) is 1.70. The SMILES string of the molecule is O=P(=O)O.[Na]. The molecular weight excluding hydrogens is 102 g/mol. The van der Waals surface area contributed by atoms with Crippen molar-refractivity contribution in [1.29, 1.82) is 0 Å². The minimum atomic E-state index is -3.12. The third-order valence-corrected chi connectivity index (χ3v) is 0. The van der Waals surface area contributed by atoms with Gasteiger partial charge in [-0.25, -0.2) is 9.13 Å². The van der Waals surface area contributed by atoms with Crippen molar-refractivity contribution in [3.8, 4) is 0 Å². The molecule has 1 N–H and O–H groups in total. The van der Waals surface area contributed by atoms with Gasteiger partial charge in [-0.05, 0) is 0 Å². The third-order valence-electron chi connectivity index (χ3n) is 0. The van der Waals surface area contributed by atoms with Crippen LogP contribution in [0.4, 0.5) is 0 Å². The van der Waals surface area contributed by atoms with E-state index in [1.165, 1.54) is 0 Å². The average Bonchev–Trinajstić information content (AvgIpc) is 0.811. The van der Waals surface area contributed by atoms with E-state index in [1.54, 1.807) is 0 Å². The topological polar surface area (TPSA) is 54.4 Å². The molecule has 0 amide bonds. The van der Waals surface area contributed by atoms with E-state index in [0.29, 0.717) is 0 Å². The molecule has 0 aliphatic heterocycles. The molecule has 0 heterocycles. The molecule has 0 unspecified atom stereocenters. The fourth-order valence-electron chi connectivity index (χ4n) is 0. The number of hydrogen-bond donors (Lipinski definition) is 1. The van der Waals surface area contributed by atoms with E-state index in [9.17, 15) is 0 Å². The van der Waals surface area contributed by atoms with Gasteiger partial charge in [-0.2, -0.15) is 0 Å². The van der Waals surface area contributed by atoms with E-state index in [-0.39, 0.29) is 29.6 Å². The standard InChI is InChI=1S/Na.HO3P/c;1-4(2)3/h;(H,1,2,3). The van der Waals surface area contributed by atoms with Crippen LogP contribution in [0.25, 0.3) is 0 Å². The molecule has 25 valence electrons. The van der Waals surface area contributed by atoms with Crippen LogP contribution >= 0.6 is 7.91 Å². The first-order chi connectivity index (χ1) is 1.73. The maximum Gasteiger partial charge on any atom is 0.465 e. The molecule has 0 atom stereocenters. The smallest absolute Gasteiger partial charge is 0.287 e. The molecule has 0 spiro atoms. The van der Waals surface area contributed by atoms with Gasteiger partial charge in [0.2, 0.25) is 0 Å². The molecule has 0 aliphatic carbocycles. The quantitative estimate of drug-likeness (QED) is 0.337. The maximum atomic E-state index is 8.59. The van der Waals surface area contributed by atoms with Crippen LogP contribution < -0.4 is 0 Å². The van der Waals surface area contributed by atoms with E-state index in [2.05, 4.69) is 0 Å². The summed E-state index contributed by atoms with van der Waals surface area (Å²) >= 11 is 0. The molecule has 0 bridgehead atoms. The zero-order chi connectivity index (χ0) is 3.58. The molecule has 3 nitrogen and oxygen atoms in total. The van der Waals surface area contributed by atoms with Crippen molar-refractivity contribution < 1.29 is 14.0 Å². The molecule has 0 aromatic carbocycles. The van der Waals surface area contributed by atoms with Gasteiger partial charge in [0.15, 0.2) is 0 Å². The van der Waals surface area contributed by atoms with Gasteiger partial charge in [0.1, 0.15) is 0 Å². The van der Waals surface area contributed by atoms with Gasteiger partial charge >= 0.3 is 7.91 Å². The second-order valence-electron chi connectivity index (χ2n) is 0.238. The van der Waals surface area contributed by atoms with Crippen LogP contribution in [0.2, 0.25) is 0 Å². The van der Waals surface area contributed by atoms with Gasteiger partial charge in [0.25, 0.3) is 0 Å². The number of hydrogen-bond acceptors (Lipinski definition) is 2. The van der Waals surface area contributed by atoms with Crippen LogP contribution in [0.1, 0.15) is 0 Å². The summed E-state index contributed by atoms with van der Waals surface area (Å²) in [5.41, 5.74) is 0. The molecule has 0 fully saturated rings. The van der Waals surface area contributed by atoms with E-state index < -0.39 is 7.91 Å². The summed E-state index contributed by atoms with van der Waals surface area (Å²) < 4.78 is 17.2. The zero-order valence-corrected chi connectivity index (χ0v) is 5.61. The molecule has 0 saturated heterocycles. The maximum absolute atomic E-state index is 8.59. The minimum absolute atomic E-state index is 0. The summed E-state index contributed by atoms with van der Waals surface area (Å²) in [6, 6.07) is 0. The monoisotopic (exact) mass is 103 g/mol. The Bertz CT molecular complexity index is 55.3. The summed E-state index contributed by atoms with van der Waals surface area (Å²) in [6.07, 6.45) is 0. The van der Waals surface area contributed by atoms with Crippen LogP contribution in [0, 0.1) is 0 Å². The van der Waals surface area contributed by atoms with E-state index in [0.717, 1.165) is 0 Å². The van der Waals surface area contributed by atoms with Gasteiger partial charge in [0.05, 0.1) is 0 Å². The zero-order valence-electron chi connectivity index (χ0n) is 2.71. The molecule has 0 aliphatic rings. The average molecular weight is 103 g/mol. The van der Waals surface area contributed by atoms with Crippen molar-refractivity contribution in [1.82, 2.24) is 0 Å². The largest absolute Gasteiger partial charge is 0.465 e.